The lowest BCUT2D eigenvalue weighted by atomic mass is 10.2. The van der Waals surface area contributed by atoms with Gasteiger partial charge >= 0.3 is 0 Å². The molecule has 0 bridgehead atoms. The molecule has 0 aliphatic carbocycles. The quantitative estimate of drug-likeness (QED) is 0.808. The molecular formula is C19H26N2O3S. The van der Waals surface area contributed by atoms with Gasteiger partial charge in [0.05, 0.1) is 5.69 Å². The van der Waals surface area contributed by atoms with E-state index >= 15 is 0 Å². The fourth-order valence-corrected chi connectivity index (χ4v) is 4.56. The van der Waals surface area contributed by atoms with Crippen LogP contribution >= 0.6 is 11.8 Å². The maximum atomic E-state index is 12.7. The number of para-hydroxylation sites is 2. The number of rotatable bonds is 5. The molecule has 0 radical (unpaired) electrons. The second-order valence-electron chi connectivity index (χ2n) is 6.46. The lowest BCUT2D eigenvalue weighted by Gasteiger charge is -2.30. The molecule has 25 heavy (non-hydrogen) atoms. The van der Waals surface area contributed by atoms with Crippen LogP contribution < -0.4 is 9.64 Å². The summed E-state index contributed by atoms with van der Waals surface area (Å²) in [7, 11) is 0. The molecule has 0 N–H and O–H groups in total. The molecule has 136 valence electrons. The number of thioether (sulfide) groups is 1. The van der Waals surface area contributed by atoms with E-state index in [0.717, 1.165) is 31.0 Å². The van der Waals surface area contributed by atoms with E-state index in [1.165, 1.54) is 12.8 Å². The number of carbonyl (C=O) groups is 2. The summed E-state index contributed by atoms with van der Waals surface area (Å²) in [6.07, 6.45) is 3.82. The van der Waals surface area contributed by atoms with E-state index in [0.29, 0.717) is 24.0 Å². The predicted octanol–water partition coefficient (Wildman–Crippen LogP) is 2.94. The molecule has 1 aromatic rings. The van der Waals surface area contributed by atoms with Crippen LogP contribution in [-0.2, 0) is 9.59 Å². The van der Waals surface area contributed by atoms with Gasteiger partial charge in [-0.15, -0.1) is 0 Å². The number of likely N-dealkylation sites (tertiary alicyclic amines) is 1. The molecule has 0 saturated carbocycles. The van der Waals surface area contributed by atoms with Crippen LogP contribution in [0.1, 0.15) is 32.6 Å². The van der Waals surface area contributed by atoms with E-state index in [4.69, 9.17) is 4.74 Å². The fourth-order valence-electron chi connectivity index (χ4n) is 3.47. The summed E-state index contributed by atoms with van der Waals surface area (Å²) in [5.74, 6) is 1.87. The Morgan fingerprint density at radius 2 is 2.16 bits per heavy atom. The Kier molecular flexibility index (Phi) is 6.24. The summed E-state index contributed by atoms with van der Waals surface area (Å²) in [6.45, 7) is 4.31. The second kappa shape index (κ2) is 8.61. The van der Waals surface area contributed by atoms with Crippen LogP contribution in [0.5, 0.6) is 5.75 Å². The number of hydrogen-bond acceptors (Lipinski definition) is 4. The van der Waals surface area contributed by atoms with Gasteiger partial charge in [-0.2, -0.15) is 11.8 Å². The van der Waals surface area contributed by atoms with Gasteiger partial charge in [0, 0.05) is 31.3 Å². The van der Waals surface area contributed by atoms with Gasteiger partial charge in [-0.25, -0.2) is 0 Å². The lowest BCUT2D eigenvalue weighted by molar-refractivity contribution is -0.131. The van der Waals surface area contributed by atoms with Crippen molar-refractivity contribution in [2.75, 3.05) is 36.9 Å². The molecule has 2 aliphatic rings. The summed E-state index contributed by atoms with van der Waals surface area (Å²) in [5.41, 5.74) is 0.766. The first-order valence-corrected chi connectivity index (χ1v) is 10.2. The molecule has 0 aromatic heterocycles. The first-order valence-electron chi connectivity index (χ1n) is 9.10. The van der Waals surface area contributed by atoms with Crippen LogP contribution in [0.3, 0.4) is 0 Å². The van der Waals surface area contributed by atoms with Crippen molar-refractivity contribution < 1.29 is 14.3 Å². The molecule has 0 spiro atoms. The second-order valence-corrected chi connectivity index (χ2v) is 8.04. The van der Waals surface area contributed by atoms with Crippen LogP contribution in [0, 0.1) is 0 Å². The number of anilines is 1. The monoisotopic (exact) mass is 362 g/mol. The molecule has 2 heterocycles. The van der Waals surface area contributed by atoms with Gasteiger partial charge in [-0.3, -0.25) is 9.59 Å². The molecule has 2 aliphatic heterocycles. The molecule has 5 nitrogen and oxygen atoms in total. The van der Waals surface area contributed by atoms with Crippen LogP contribution in [0.4, 0.5) is 5.69 Å². The third-order valence-corrected chi connectivity index (χ3v) is 5.93. The summed E-state index contributed by atoms with van der Waals surface area (Å²) < 4.78 is 5.46. The predicted molar refractivity (Wildman–Crippen MR) is 101 cm³/mol. The number of carbonyl (C=O) groups excluding carboxylic acids is 2. The molecular weight excluding hydrogens is 336 g/mol. The van der Waals surface area contributed by atoms with Crippen molar-refractivity contribution >= 4 is 29.3 Å². The number of ether oxygens (including phenoxy) is 1. The highest BCUT2D eigenvalue weighted by molar-refractivity contribution is 7.99. The first-order chi connectivity index (χ1) is 12.2. The Bertz CT molecular complexity index is 622. The van der Waals surface area contributed by atoms with Gasteiger partial charge in [0.25, 0.3) is 5.91 Å². The average molecular weight is 362 g/mol. The molecule has 0 unspecified atom stereocenters. The van der Waals surface area contributed by atoms with E-state index in [1.807, 2.05) is 40.9 Å². The summed E-state index contributed by atoms with van der Waals surface area (Å²) in [5, 5.41) is 0.544. The van der Waals surface area contributed by atoms with E-state index < -0.39 is 0 Å². The molecule has 1 atom stereocenters. The highest BCUT2D eigenvalue weighted by Gasteiger charge is 2.27. The minimum atomic E-state index is -0.0817. The SMILES string of the molecule is CCS[C@H]1CCCCN(C(=O)CCN2C(=O)COc3ccccc32)C1. The van der Waals surface area contributed by atoms with Crippen LogP contribution in [-0.4, -0.2) is 54.0 Å². The minimum Gasteiger partial charge on any atom is -0.482 e. The fraction of sp³-hybridized carbons (Fsp3) is 0.579. The van der Waals surface area contributed by atoms with E-state index in [1.54, 1.807) is 4.90 Å². The van der Waals surface area contributed by atoms with E-state index in [-0.39, 0.29) is 18.4 Å². The van der Waals surface area contributed by atoms with Crippen LogP contribution in [0.15, 0.2) is 24.3 Å². The van der Waals surface area contributed by atoms with Gasteiger partial charge in [0.1, 0.15) is 5.75 Å². The molecule has 1 fully saturated rings. The summed E-state index contributed by atoms with van der Waals surface area (Å²) >= 11 is 1.95. The van der Waals surface area contributed by atoms with Gasteiger partial charge in [-0.05, 0) is 30.7 Å². The van der Waals surface area contributed by atoms with E-state index in [9.17, 15) is 9.59 Å². The molecule has 6 heteroatoms. The Balaban J connectivity index is 1.61. The average Bonchev–Trinajstić information content (AvgIpc) is 2.87. The van der Waals surface area contributed by atoms with Crippen molar-refractivity contribution in [3.63, 3.8) is 0 Å². The zero-order chi connectivity index (χ0) is 17.6. The van der Waals surface area contributed by atoms with Gasteiger partial charge in [-0.1, -0.05) is 25.5 Å². The number of hydrogen-bond donors (Lipinski definition) is 0. The third kappa shape index (κ3) is 4.48. The Morgan fingerprint density at radius 1 is 1.32 bits per heavy atom. The number of nitrogens with zero attached hydrogens (tertiary/aromatic N) is 2. The van der Waals surface area contributed by atoms with Gasteiger partial charge < -0.3 is 14.5 Å². The van der Waals surface area contributed by atoms with Gasteiger partial charge in [0.2, 0.25) is 5.91 Å². The summed E-state index contributed by atoms with van der Waals surface area (Å²) in [6, 6.07) is 7.51. The number of benzene rings is 1. The minimum absolute atomic E-state index is 0.0458. The number of fused-ring (bicyclic) bond motifs is 1. The lowest BCUT2D eigenvalue weighted by Crippen LogP contribution is -2.42. The van der Waals surface area contributed by atoms with E-state index in [2.05, 4.69) is 6.92 Å². The zero-order valence-electron chi connectivity index (χ0n) is 14.8. The molecule has 3 rings (SSSR count). The normalized spacial score (nSPS) is 20.7. The Morgan fingerprint density at radius 3 is 3.00 bits per heavy atom. The summed E-state index contributed by atoms with van der Waals surface area (Å²) in [4.78, 5) is 28.6. The van der Waals surface area contributed by atoms with Gasteiger partial charge in [0.15, 0.2) is 6.61 Å². The highest BCUT2D eigenvalue weighted by atomic mass is 32.2. The molecule has 2 amide bonds. The van der Waals surface area contributed by atoms with Crippen molar-refractivity contribution in [1.82, 2.24) is 4.90 Å². The van der Waals surface area contributed by atoms with Crippen molar-refractivity contribution in [3.8, 4) is 5.75 Å². The van der Waals surface area contributed by atoms with Crippen LogP contribution in [0.25, 0.3) is 0 Å². The first kappa shape index (κ1) is 18.1. The van der Waals surface area contributed by atoms with Crippen molar-refractivity contribution in [3.05, 3.63) is 24.3 Å². The van der Waals surface area contributed by atoms with Crippen LogP contribution in [0.2, 0.25) is 0 Å². The van der Waals surface area contributed by atoms with Crippen molar-refractivity contribution in [2.45, 2.75) is 37.9 Å². The Hall–Kier alpha value is -1.69. The Labute approximate surface area is 153 Å². The molecule has 1 saturated heterocycles. The maximum Gasteiger partial charge on any atom is 0.265 e. The standard InChI is InChI=1S/C19H26N2O3S/c1-2-25-15-7-5-6-11-20(13-15)18(22)10-12-21-16-8-3-4-9-17(16)24-14-19(21)23/h3-4,8-9,15H,2,5-7,10-14H2,1H3/t15-/m0/s1. The highest BCUT2D eigenvalue weighted by Crippen LogP contribution is 2.31. The smallest absolute Gasteiger partial charge is 0.265 e. The zero-order valence-corrected chi connectivity index (χ0v) is 15.6. The van der Waals surface area contributed by atoms with Crippen molar-refractivity contribution in [1.29, 1.82) is 0 Å². The topological polar surface area (TPSA) is 49.9 Å². The van der Waals surface area contributed by atoms with Crippen molar-refractivity contribution in [2.24, 2.45) is 0 Å². The number of amides is 2. The third-order valence-electron chi connectivity index (χ3n) is 4.74. The largest absolute Gasteiger partial charge is 0.482 e. The maximum absolute atomic E-state index is 12.7. The molecule has 1 aromatic carbocycles.